The number of phenolic OH excluding ortho intramolecular Hbond substituents is 1. The lowest BCUT2D eigenvalue weighted by atomic mass is 10.00. The van der Waals surface area contributed by atoms with Gasteiger partial charge in [-0.1, -0.05) is 56.3 Å². The molecular formula is C32H35FO6S. The molecule has 1 heterocycles. The van der Waals surface area contributed by atoms with Crippen molar-refractivity contribution in [1.82, 2.24) is 0 Å². The number of carbonyl (C=O) groups excluding carboxylic acids is 1. The van der Waals surface area contributed by atoms with Crippen LogP contribution in [0.25, 0.3) is 11.1 Å². The Morgan fingerprint density at radius 1 is 1.05 bits per heavy atom. The van der Waals surface area contributed by atoms with E-state index < -0.39 is 10.9 Å². The number of esters is 1. The third-order valence-corrected chi connectivity index (χ3v) is 7.90. The Morgan fingerprint density at radius 2 is 1.82 bits per heavy atom. The number of hydrogen-bond acceptors (Lipinski definition) is 7. The first-order valence-corrected chi connectivity index (χ1v) is 14.4. The average Bonchev–Trinajstić information content (AvgIpc) is 3.35. The van der Waals surface area contributed by atoms with Gasteiger partial charge in [-0.25, -0.2) is 9.18 Å². The zero-order valence-electron chi connectivity index (χ0n) is 23.0. The fourth-order valence-electron chi connectivity index (χ4n) is 4.66. The smallest absolute Gasteiger partial charge is 0.341 e. The van der Waals surface area contributed by atoms with E-state index in [0.717, 1.165) is 24.0 Å². The van der Waals surface area contributed by atoms with Crippen molar-refractivity contribution in [3.05, 3.63) is 89.1 Å². The number of phenols is 1. The minimum absolute atomic E-state index is 0.0805. The van der Waals surface area contributed by atoms with E-state index in [9.17, 15) is 14.3 Å². The van der Waals surface area contributed by atoms with Crippen molar-refractivity contribution in [2.75, 3.05) is 20.3 Å². The van der Waals surface area contributed by atoms with E-state index >= 15 is 0 Å². The molecule has 0 saturated heterocycles. The largest absolute Gasteiger partial charge is 0.507 e. The van der Waals surface area contributed by atoms with Gasteiger partial charge in [0.2, 0.25) is 0 Å². The average molecular weight is 567 g/mol. The van der Waals surface area contributed by atoms with Crippen LogP contribution in [0.5, 0.6) is 17.2 Å². The third-order valence-electron chi connectivity index (χ3n) is 6.69. The highest BCUT2D eigenvalue weighted by molar-refractivity contribution is 8.03. The number of benzene rings is 3. The summed E-state index contributed by atoms with van der Waals surface area (Å²) in [5.74, 6) is 0.391. The van der Waals surface area contributed by atoms with E-state index in [1.807, 2.05) is 30.5 Å². The number of rotatable bonds is 13. The molecule has 0 saturated carbocycles. The van der Waals surface area contributed by atoms with Crippen LogP contribution < -0.4 is 9.47 Å². The molecule has 0 radical (unpaired) electrons. The van der Waals surface area contributed by atoms with Crippen LogP contribution in [0.1, 0.15) is 49.0 Å². The topological polar surface area (TPSA) is 74.2 Å². The van der Waals surface area contributed by atoms with Gasteiger partial charge in [-0.3, -0.25) is 0 Å². The first kappa shape index (κ1) is 29.5. The quantitative estimate of drug-likeness (QED) is 0.169. The van der Waals surface area contributed by atoms with Crippen LogP contribution in [0.4, 0.5) is 4.39 Å². The SMILES string of the molecule is CCCC1(Oc2ccccc2C(=O)OC)SC=CC1OCCCOc1cc(O)c(-c2ccc(F)cc2)cc1CC. The highest BCUT2D eigenvalue weighted by Crippen LogP contribution is 2.44. The molecule has 0 amide bonds. The van der Waals surface area contributed by atoms with E-state index in [0.29, 0.717) is 48.7 Å². The Morgan fingerprint density at radius 3 is 2.55 bits per heavy atom. The van der Waals surface area contributed by atoms with Gasteiger partial charge in [0.15, 0.2) is 4.93 Å². The molecule has 0 aliphatic carbocycles. The summed E-state index contributed by atoms with van der Waals surface area (Å²) in [6.45, 7) is 4.94. The molecule has 0 spiro atoms. The summed E-state index contributed by atoms with van der Waals surface area (Å²) in [5, 5.41) is 12.6. The molecule has 1 N–H and O–H groups in total. The summed E-state index contributed by atoms with van der Waals surface area (Å²) in [4.78, 5) is 11.6. The van der Waals surface area contributed by atoms with Crippen LogP contribution in [0.2, 0.25) is 0 Å². The summed E-state index contributed by atoms with van der Waals surface area (Å²) in [6, 6.07) is 16.6. The van der Waals surface area contributed by atoms with E-state index in [-0.39, 0.29) is 17.7 Å². The Kier molecular flexibility index (Phi) is 10.1. The van der Waals surface area contributed by atoms with Gasteiger partial charge in [0.05, 0.1) is 20.3 Å². The van der Waals surface area contributed by atoms with Crippen LogP contribution in [-0.4, -0.2) is 42.4 Å². The number of thioether (sulfide) groups is 1. The molecule has 4 rings (SSSR count). The minimum Gasteiger partial charge on any atom is -0.507 e. The molecule has 8 heteroatoms. The fraction of sp³-hybridized carbons (Fsp3) is 0.344. The summed E-state index contributed by atoms with van der Waals surface area (Å²) >= 11 is 1.55. The number of aryl methyl sites for hydroxylation is 1. The van der Waals surface area contributed by atoms with E-state index in [1.54, 1.807) is 48.2 Å². The van der Waals surface area contributed by atoms with Crippen LogP contribution in [0.15, 0.2) is 72.1 Å². The molecule has 0 bridgehead atoms. The van der Waals surface area contributed by atoms with Crippen molar-refractivity contribution >= 4 is 17.7 Å². The molecule has 3 aromatic rings. The standard InChI is InChI=1S/C32H35FO6S/c1-4-16-32(39-28-10-7-6-9-25(28)31(35)36-3)30(15-19-40-32)38-18-8-17-37-29-21-27(34)26(20-22(29)5-2)23-11-13-24(33)14-12-23/h6-7,9-15,19-21,30,34H,4-5,8,16-18H2,1-3H3. The van der Waals surface area contributed by atoms with Crippen LogP contribution in [0, 0.1) is 5.82 Å². The van der Waals surface area contributed by atoms with Gasteiger partial charge in [0.1, 0.15) is 34.7 Å². The van der Waals surface area contributed by atoms with E-state index in [4.69, 9.17) is 18.9 Å². The molecule has 1 aliphatic rings. The molecule has 2 atom stereocenters. The molecule has 0 fully saturated rings. The van der Waals surface area contributed by atoms with Gasteiger partial charge in [0.25, 0.3) is 0 Å². The maximum absolute atomic E-state index is 13.3. The number of carbonyl (C=O) groups is 1. The van der Waals surface area contributed by atoms with Gasteiger partial charge in [0, 0.05) is 18.1 Å². The molecule has 212 valence electrons. The summed E-state index contributed by atoms with van der Waals surface area (Å²) in [6.07, 6.45) is 4.61. The van der Waals surface area contributed by atoms with Gasteiger partial charge < -0.3 is 24.1 Å². The molecule has 6 nitrogen and oxygen atoms in total. The number of hydrogen-bond donors (Lipinski definition) is 1. The Bertz CT molecular complexity index is 1330. The van der Waals surface area contributed by atoms with Gasteiger partial charge in [-0.2, -0.15) is 0 Å². The number of methoxy groups -OCH3 is 1. The monoisotopic (exact) mass is 566 g/mol. The van der Waals surface area contributed by atoms with E-state index in [2.05, 4.69) is 6.92 Å². The lowest BCUT2D eigenvalue weighted by Gasteiger charge is -2.35. The van der Waals surface area contributed by atoms with Crippen molar-refractivity contribution in [3.8, 4) is 28.4 Å². The number of aromatic hydroxyl groups is 1. The summed E-state index contributed by atoms with van der Waals surface area (Å²) in [5.41, 5.74) is 2.70. The second kappa shape index (κ2) is 13.7. The second-order valence-corrected chi connectivity index (χ2v) is 10.6. The Labute approximate surface area is 239 Å². The van der Waals surface area contributed by atoms with Crippen molar-refractivity contribution in [2.45, 2.75) is 50.6 Å². The summed E-state index contributed by atoms with van der Waals surface area (Å²) < 4.78 is 37.0. The summed E-state index contributed by atoms with van der Waals surface area (Å²) in [7, 11) is 1.35. The molecule has 0 aromatic heterocycles. The minimum atomic E-state index is -0.697. The van der Waals surface area contributed by atoms with Crippen molar-refractivity contribution in [3.63, 3.8) is 0 Å². The lowest BCUT2D eigenvalue weighted by molar-refractivity contribution is -0.0213. The maximum Gasteiger partial charge on any atom is 0.341 e. The van der Waals surface area contributed by atoms with Crippen molar-refractivity contribution < 1.29 is 33.2 Å². The zero-order valence-corrected chi connectivity index (χ0v) is 23.8. The number of halogens is 1. The third kappa shape index (κ3) is 6.80. The normalized spacial score (nSPS) is 18.1. The van der Waals surface area contributed by atoms with Crippen LogP contribution in [-0.2, 0) is 15.9 Å². The number of ether oxygens (including phenoxy) is 4. The van der Waals surface area contributed by atoms with E-state index in [1.165, 1.54) is 19.2 Å². The molecule has 1 aliphatic heterocycles. The highest BCUT2D eigenvalue weighted by Gasteiger charge is 2.44. The predicted octanol–water partition coefficient (Wildman–Crippen LogP) is 7.54. The second-order valence-electron chi connectivity index (χ2n) is 9.43. The van der Waals surface area contributed by atoms with Gasteiger partial charge in [-0.05, 0) is 65.8 Å². The predicted molar refractivity (Wildman–Crippen MR) is 156 cm³/mol. The molecule has 40 heavy (non-hydrogen) atoms. The Balaban J connectivity index is 1.37. The Hall–Kier alpha value is -3.49. The molecule has 3 aromatic carbocycles. The van der Waals surface area contributed by atoms with Gasteiger partial charge >= 0.3 is 5.97 Å². The number of para-hydroxylation sites is 1. The van der Waals surface area contributed by atoms with Crippen molar-refractivity contribution in [2.24, 2.45) is 0 Å². The first-order valence-electron chi connectivity index (χ1n) is 13.5. The molecule has 2 unspecified atom stereocenters. The van der Waals surface area contributed by atoms with Crippen LogP contribution in [0.3, 0.4) is 0 Å². The maximum atomic E-state index is 13.3. The van der Waals surface area contributed by atoms with Crippen molar-refractivity contribution in [1.29, 1.82) is 0 Å². The zero-order chi connectivity index (χ0) is 28.5. The van der Waals surface area contributed by atoms with Crippen LogP contribution >= 0.6 is 11.8 Å². The molecular weight excluding hydrogens is 531 g/mol. The first-order chi connectivity index (χ1) is 19.4. The highest BCUT2D eigenvalue weighted by atomic mass is 32.2. The van der Waals surface area contributed by atoms with Gasteiger partial charge in [-0.15, -0.1) is 0 Å². The lowest BCUT2D eigenvalue weighted by Crippen LogP contribution is -2.43. The fourth-order valence-corrected chi connectivity index (χ4v) is 5.85.